The Kier molecular flexibility index (Phi) is 4.83. The number of aromatic nitrogens is 5. The fourth-order valence-corrected chi connectivity index (χ4v) is 2.46. The summed E-state index contributed by atoms with van der Waals surface area (Å²) in [4.78, 5) is 28.9. The molecule has 26 heavy (non-hydrogen) atoms. The number of aryl methyl sites for hydroxylation is 1. The lowest BCUT2D eigenvalue weighted by atomic mass is 10.2. The van der Waals surface area contributed by atoms with Gasteiger partial charge in [0.25, 0.3) is 5.56 Å². The molecule has 0 atom stereocenters. The number of fused-ring (bicyclic) bond motifs is 1. The minimum absolute atomic E-state index is 0.129. The maximum absolute atomic E-state index is 12.4. The number of anilines is 1. The molecule has 2 aromatic heterocycles. The largest absolute Gasteiger partial charge is 0.497 e. The molecule has 3 aromatic rings. The van der Waals surface area contributed by atoms with E-state index in [1.165, 1.54) is 29.8 Å². The van der Waals surface area contributed by atoms with Crippen molar-refractivity contribution in [2.24, 2.45) is 0 Å². The standard InChI is InChI=1S/C16H18N6O4/c1-4-22-15-14(19-20-22)16(24)21(9-17-15)8-13(23)18-11-6-5-10(25-2)7-12(11)26-3/h5-7,9H,4,8H2,1-3H3,(H,18,23). The van der Waals surface area contributed by atoms with Crippen LogP contribution in [-0.4, -0.2) is 44.7 Å². The Labute approximate surface area is 148 Å². The highest BCUT2D eigenvalue weighted by Crippen LogP contribution is 2.28. The molecule has 0 fully saturated rings. The Bertz CT molecular complexity index is 1010. The van der Waals surface area contributed by atoms with Crippen LogP contribution in [0.25, 0.3) is 11.2 Å². The normalized spacial score (nSPS) is 10.7. The van der Waals surface area contributed by atoms with E-state index in [-0.39, 0.29) is 12.1 Å². The Morgan fingerprint density at radius 2 is 2.08 bits per heavy atom. The number of ether oxygens (including phenoxy) is 2. The van der Waals surface area contributed by atoms with Gasteiger partial charge < -0.3 is 14.8 Å². The number of amides is 1. The highest BCUT2D eigenvalue weighted by molar-refractivity contribution is 5.92. The van der Waals surface area contributed by atoms with Crippen LogP contribution in [0.15, 0.2) is 29.3 Å². The Morgan fingerprint density at radius 3 is 2.77 bits per heavy atom. The summed E-state index contributed by atoms with van der Waals surface area (Å²) < 4.78 is 13.1. The van der Waals surface area contributed by atoms with Crippen LogP contribution < -0.4 is 20.3 Å². The molecule has 0 aliphatic carbocycles. The van der Waals surface area contributed by atoms with Crippen molar-refractivity contribution in [3.8, 4) is 11.5 Å². The number of nitrogens with one attached hydrogen (secondary N) is 1. The third-order valence-electron chi connectivity index (χ3n) is 3.79. The molecule has 0 saturated heterocycles. The number of hydrogen-bond donors (Lipinski definition) is 1. The molecule has 0 spiro atoms. The average Bonchev–Trinajstić information content (AvgIpc) is 3.08. The van der Waals surface area contributed by atoms with Crippen molar-refractivity contribution >= 4 is 22.8 Å². The summed E-state index contributed by atoms with van der Waals surface area (Å²) in [7, 11) is 3.03. The number of hydrogen-bond acceptors (Lipinski definition) is 7. The minimum Gasteiger partial charge on any atom is -0.497 e. The van der Waals surface area contributed by atoms with Crippen LogP contribution in [0.5, 0.6) is 11.5 Å². The van der Waals surface area contributed by atoms with Gasteiger partial charge in [0, 0.05) is 12.6 Å². The van der Waals surface area contributed by atoms with Gasteiger partial charge in [0.2, 0.25) is 5.91 Å². The topological polar surface area (TPSA) is 113 Å². The van der Waals surface area contributed by atoms with E-state index in [4.69, 9.17) is 9.47 Å². The lowest BCUT2D eigenvalue weighted by Crippen LogP contribution is -2.28. The van der Waals surface area contributed by atoms with E-state index in [1.54, 1.807) is 18.2 Å². The zero-order valence-corrected chi connectivity index (χ0v) is 14.6. The minimum atomic E-state index is -0.424. The number of nitrogens with zero attached hydrogens (tertiary/aromatic N) is 5. The fraction of sp³-hybridized carbons (Fsp3) is 0.312. The van der Waals surface area contributed by atoms with Gasteiger partial charge in [0.1, 0.15) is 24.4 Å². The molecule has 1 aromatic carbocycles. The molecule has 1 N–H and O–H groups in total. The molecule has 136 valence electrons. The predicted octanol–water partition coefficient (Wildman–Crippen LogP) is 0.664. The molecule has 0 bridgehead atoms. The molecule has 0 saturated carbocycles. The van der Waals surface area contributed by atoms with Crippen molar-refractivity contribution in [1.82, 2.24) is 24.5 Å². The highest BCUT2D eigenvalue weighted by atomic mass is 16.5. The molecular weight excluding hydrogens is 340 g/mol. The average molecular weight is 358 g/mol. The summed E-state index contributed by atoms with van der Waals surface area (Å²) in [5.74, 6) is 0.647. The first-order valence-corrected chi connectivity index (χ1v) is 7.87. The van der Waals surface area contributed by atoms with Crippen LogP contribution in [0.4, 0.5) is 5.69 Å². The molecule has 10 heteroatoms. The third kappa shape index (κ3) is 3.21. The van der Waals surface area contributed by atoms with Crippen LogP contribution in [0.1, 0.15) is 6.92 Å². The number of carbonyl (C=O) groups is 1. The Hall–Kier alpha value is -3.43. The molecule has 0 aliphatic heterocycles. The maximum atomic E-state index is 12.4. The van der Waals surface area contributed by atoms with Crippen LogP contribution in [-0.2, 0) is 17.9 Å². The van der Waals surface area contributed by atoms with E-state index in [1.807, 2.05) is 6.92 Å². The molecule has 2 heterocycles. The van der Waals surface area contributed by atoms with Gasteiger partial charge in [-0.05, 0) is 19.1 Å². The highest BCUT2D eigenvalue weighted by Gasteiger charge is 2.14. The summed E-state index contributed by atoms with van der Waals surface area (Å²) in [5, 5.41) is 10.4. The predicted molar refractivity (Wildman–Crippen MR) is 93.4 cm³/mol. The fourth-order valence-electron chi connectivity index (χ4n) is 2.46. The van der Waals surface area contributed by atoms with Crippen molar-refractivity contribution in [2.75, 3.05) is 19.5 Å². The van der Waals surface area contributed by atoms with E-state index in [0.717, 1.165) is 0 Å². The zero-order valence-electron chi connectivity index (χ0n) is 14.6. The first-order chi connectivity index (χ1) is 12.6. The summed E-state index contributed by atoms with van der Waals surface area (Å²) in [6, 6.07) is 5.01. The zero-order chi connectivity index (χ0) is 18.7. The molecule has 3 rings (SSSR count). The second-order valence-electron chi connectivity index (χ2n) is 5.37. The lowest BCUT2D eigenvalue weighted by Gasteiger charge is -2.12. The van der Waals surface area contributed by atoms with Gasteiger partial charge in [-0.2, -0.15) is 0 Å². The first kappa shape index (κ1) is 17.4. The van der Waals surface area contributed by atoms with Gasteiger partial charge >= 0.3 is 0 Å². The van der Waals surface area contributed by atoms with Gasteiger partial charge in [-0.25, -0.2) is 9.67 Å². The number of methoxy groups -OCH3 is 2. The van der Waals surface area contributed by atoms with Crippen LogP contribution in [0.3, 0.4) is 0 Å². The van der Waals surface area contributed by atoms with E-state index in [0.29, 0.717) is 29.4 Å². The smallest absolute Gasteiger partial charge is 0.283 e. The molecule has 10 nitrogen and oxygen atoms in total. The SMILES string of the molecule is CCn1nnc2c(=O)n(CC(=O)Nc3ccc(OC)cc3OC)cnc21. The van der Waals surface area contributed by atoms with Crippen molar-refractivity contribution in [3.63, 3.8) is 0 Å². The molecule has 0 unspecified atom stereocenters. The number of benzene rings is 1. The maximum Gasteiger partial charge on any atom is 0.283 e. The van der Waals surface area contributed by atoms with Gasteiger partial charge in [0.15, 0.2) is 11.2 Å². The van der Waals surface area contributed by atoms with Crippen molar-refractivity contribution in [2.45, 2.75) is 20.0 Å². The lowest BCUT2D eigenvalue weighted by molar-refractivity contribution is -0.116. The quantitative estimate of drug-likeness (QED) is 0.689. The summed E-state index contributed by atoms with van der Waals surface area (Å²) in [6.45, 7) is 2.21. The van der Waals surface area contributed by atoms with Gasteiger partial charge in [-0.15, -0.1) is 5.10 Å². The van der Waals surface area contributed by atoms with Crippen molar-refractivity contribution in [1.29, 1.82) is 0 Å². The second-order valence-corrected chi connectivity index (χ2v) is 5.37. The van der Waals surface area contributed by atoms with Crippen LogP contribution in [0, 0.1) is 0 Å². The summed E-state index contributed by atoms with van der Waals surface area (Å²) >= 11 is 0. The first-order valence-electron chi connectivity index (χ1n) is 7.87. The molecule has 0 radical (unpaired) electrons. The third-order valence-corrected chi connectivity index (χ3v) is 3.79. The number of rotatable bonds is 6. The summed E-state index contributed by atoms with van der Waals surface area (Å²) in [5.41, 5.74) is 0.569. The monoisotopic (exact) mass is 358 g/mol. The molecule has 1 amide bonds. The van der Waals surface area contributed by atoms with Gasteiger partial charge in [0.05, 0.1) is 19.9 Å². The van der Waals surface area contributed by atoms with E-state index >= 15 is 0 Å². The van der Waals surface area contributed by atoms with E-state index in [2.05, 4.69) is 20.6 Å². The Morgan fingerprint density at radius 1 is 1.27 bits per heavy atom. The molecule has 0 aliphatic rings. The molecular formula is C16H18N6O4. The van der Waals surface area contributed by atoms with Crippen molar-refractivity contribution in [3.05, 3.63) is 34.9 Å². The van der Waals surface area contributed by atoms with Crippen LogP contribution in [0.2, 0.25) is 0 Å². The van der Waals surface area contributed by atoms with E-state index < -0.39 is 11.5 Å². The van der Waals surface area contributed by atoms with Crippen LogP contribution >= 0.6 is 0 Å². The summed E-state index contributed by atoms with van der Waals surface area (Å²) in [6.07, 6.45) is 1.31. The van der Waals surface area contributed by atoms with E-state index in [9.17, 15) is 9.59 Å². The van der Waals surface area contributed by atoms with Gasteiger partial charge in [-0.1, -0.05) is 5.21 Å². The second kappa shape index (κ2) is 7.21. The Balaban J connectivity index is 1.81. The number of carbonyl (C=O) groups excluding carboxylic acids is 1. The van der Waals surface area contributed by atoms with Crippen molar-refractivity contribution < 1.29 is 14.3 Å². The van der Waals surface area contributed by atoms with Gasteiger partial charge in [-0.3, -0.25) is 14.2 Å².